The van der Waals surface area contributed by atoms with Gasteiger partial charge in [-0.3, -0.25) is 14.4 Å². The minimum atomic E-state index is -1.66. The molecular weight excluding hydrogens is 524 g/mol. The number of hydrogen-bond donors (Lipinski definition) is 5. The maximum absolute atomic E-state index is 13.7. The van der Waals surface area contributed by atoms with Gasteiger partial charge >= 0.3 is 0 Å². The van der Waals surface area contributed by atoms with E-state index < -0.39 is 36.0 Å². The number of phenols is 1. The van der Waals surface area contributed by atoms with Gasteiger partial charge in [-0.25, -0.2) is 0 Å². The van der Waals surface area contributed by atoms with Gasteiger partial charge in [0.1, 0.15) is 17.5 Å². The van der Waals surface area contributed by atoms with Crippen molar-refractivity contribution in [1.29, 1.82) is 0 Å². The Kier molecular flexibility index (Phi) is 9.59. The molecule has 6 N–H and O–H groups in total. The first kappa shape index (κ1) is 29.6. The van der Waals surface area contributed by atoms with Crippen molar-refractivity contribution < 1.29 is 29.3 Å². The number of carbonyl (C=O) groups is 3. The number of nitrogens with two attached hydrogens (primary N) is 1. The van der Waals surface area contributed by atoms with E-state index in [1.54, 1.807) is 38.3 Å². The number of nitrogens with one attached hydrogen (secondary N) is 2. The van der Waals surface area contributed by atoms with E-state index in [0.29, 0.717) is 11.3 Å². The van der Waals surface area contributed by atoms with E-state index in [-0.39, 0.29) is 43.2 Å². The van der Waals surface area contributed by atoms with Crippen molar-refractivity contribution in [2.75, 3.05) is 13.7 Å². The van der Waals surface area contributed by atoms with Crippen LogP contribution in [0.4, 0.5) is 0 Å². The molecule has 3 aromatic rings. The first-order valence-electron chi connectivity index (χ1n) is 13.5. The predicted molar refractivity (Wildman–Crippen MR) is 153 cm³/mol. The molecule has 1 fully saturated rings. The summed E-state index contributed by atoms with van der Waals surface area (Å²) in [6, 6.07) is 18.7. The van der Waals surface area contributed by atoms with Gasteiger partial charge < -0.3 is 36.2 Å². The van der Waals surface area contributed by atoms with E-state index in [9.17, 15) is 24.6 Å². The average molecular weight is 561 g/mol. The van der Waals surface area contributed by atoms with Crippen LogP contribution in [0.1, 0.15) is 33.5 Å². The fraction of sp³-hybridized carbons (Fsp3) is 0.323. The zero-order valence-electron chi connectivity index (χ0n) is 23.1. The van der Waals surface area contributed by atoms with E-state index in [1.165, 1.54) is 11.0 Å². The van der Waals surface area contributed by atoms with E-state index in [0.717, 1.165) is 11.1 Å². The Morgan fingerprint density at radius 3 is 2.49 bits per heavy atom. The van der Waals surface area contributed by atoms with E-state index >= 15 is 0 Å². The molecule has 41 heavy (non-hydrogen) atoms. The fourth-order valence-electron chi connectivity index (χ4n) is 5.02. The number of benzene rings is 3. The second kappa shape index (κ2) is 13.3. The molecule has 0 bridgehead atoms. The third kappa shape index (κ3) is 7.22. The number of methoxy groups -OCH3 is 1. The molecule has 4 atom stereocenters. The lowest BCUT2D eigenvalue weighted by Crippen LogP contribution is -2.55. The maximum Gasteiger partial charge on any atom is 0.254 e. The van der Waals surface area contributed by atoms with Crippen molar-refractivity contribution in [2.24, 2.45) is 5.73 Å². The highest BCUT2D eigenvalue weighted by Crippen LogP contribution is 2.22. The molecule has 216 valence electrons. The smallest absolute Gasteiger partial charge is 0.254 e. The van der Waals surface area contributed by atoms with Crippen LogP contribution < -0.4 is 21.1 Å². The Bertz CT molecular complexity index is 1380. The summed E-state index contributed by atoms with van der Waals surface area (Å²) in [5.74, 6) is -1.01. The number of hydrogen-bond acceptors (Lipinski definition) is 7. The van der Waals surface area contributed by atoms with Crippen LogP contribution >= 0.6 is 0 Å². The van der Waals surface area contributed by atoms with Crippen molar-refractivity contribution in [2.45, 2.75) is 50.5 Å². The molecule has 1 aliphatic rings. The number of amides is 3. The fourth-order valence-corrected chi connectivity index (χ4v) is 5.02. The average Bonchev–Trinajstić information content (AvgIpc) is 3.38. The minimum Gasteiger partial charge on any atom is -0.508 e. The first-order valence-corrected chi connectivity index (χ1v) is 13.5. The van der Waals surface area contributed by atoms with Crippen LogP contribution in [0.5, 0.6) is 11.5 Å². The van der Waals surface area contributed by atoms with E-state index in [2.05, 4.69) is 10.6 Å². The van der Waals surface area contributed by atoms with Crippen molar-refractivity contribution in [1.82, 2.24) is 15.5 Å². The number of carbonyl (C=O) groups excluding carboxylic acids is 3. The summed E-state index contributed by atoms with van der Waals surface area (Å²) < 4.78 is 5.23. The number of rotatable bonds is 10. The molecule has 1 aliphatic heterocycles. The summed E-state index contributed by atoms with van der Waals surface area (Å²) in [7, 11) is 1.56. The molecule has 4 unspecified atom stereocenters. The van der Waals surface area contributed by atoms with Gasteiger partial charge in [-0.05, 0) is 55.2 Å². The lowest BCUT2D eigenvalue weighted by molar-refractivity contribution is -0.146. The predicted octanol–water partition coefficient (Wildman–Crippen LogP) is 1.66. The number of phenolic OH excluding ortho intramolecular Hbond substituents is 1. The normalized spacial score (nSPS) is 17.9. The first-order chi connectivity index (χ1) is 19.7. The van der Waals surface area contributed by atoms with Crippen LogP contribution in [-0.4, -0.2) is 70.7 Å². The Labute approximate surface area is 239 Å². The molecule has 1 saturated heterocycles. The van der Waals surface area contributed by atoms with Gasteiger partial charge in [0.05, 0.1) is 13.2 Å². The van der Waals surface area contributed by atoms with Gasteiger partial charge in [0.15, 0.2) is 6.10 Å². The number of nitrogens with zero attached hydrogens (tertiary/aromatic N) is 1. The van der Waals surface area contributed by atoms with Crippen molar-refractivity contribution in [3.05, 3.63) is 95.1 Å². The lowest BCUT2D eigenvalue weighted by atomic mass is 9.98. The van der Waals surface area contributed by atoms with Crippen LogP contribution in [0, 0.1) is 6.92 Å². The molecule has 0 aliphatic carbocycles. The zero-order chi connectivity index (χ0) is 29.5. The molecule has 1 heterocycles. The van der Waals surface area contributed by atoms with E-state index in [1.807, 2.05) is 42.5 Å². The Morgan fingerprint density at radius 2 is 1.76 bits per heavy atom. The highest BCUT2D eigenvalue weighted by Gasteiger charge is 2.42. The molecule has 0 aromatic heterocycles. The maximum atomic E-state index is 13.7. The van der Waals surface area contributed by atoms with Gasteiger partial charge in [-0.2, -0.15) is 0 Å². The molecule has 0 radical (unpaired) electrons. The van der Waals surface area contributed by atoms with E-state index in [4.69, 9.17) is 10.5 Å². The molecule has 10 heteroatoms. The minimum absolute atomic E-state index is 0.0391. The molecule has 3 aromatic carbocycles. The van der Waals surface area contributed by atoms with Gasteiger partial charge in [0.25, 0.3) is 11.8 Å². The second-order valence-corrected chi connectivity index (χ2v) is 10.2. The number of ether oxygens (including phenoxy) is 1. The summed E-state index contributed by atoms with van der Waals surface area (Å²) in [4.78, 5) is 41.3. The van der Waals surface area contributed by atoms with Crippen molar-refractivity contribution in [3.63, 3.8) is 0 Å². The number of aliphatic hydroxyl groups excluding tert-OH is 1. The second-order valence-electron chi connectivity index (χ2n) is 10.2. The van der Waals surface area contributed by atoms with Gasteiger partial charge in [0, 0.05) is 30.3 Å². The largest absolute Gasteiger partial charge is 0.508 e. The summed E-state index contributed by atoms with van der Waals surface area (Å²) in [5.41, 5.74) is 8.38. The number of likely N-dealkylation sites (tertiary alicyclic amines) is 1. The van der Waals surface area contributed by atoms with Crippen LogP contribution in [0.25, 0.3) is 0 Å². The summed E-state index contributed by atoms with van der Waals surface area (Å²) in [6.07, 6.45) is -1.26. The Morgan fingerprint density at radius 1 is 1.05 bits per heavy atom. The van der Waals surface area contributed by atoms with Crippen LogP contribution in [0.2, 0.25) is 0 Å². The zero-order valence-corrected chi connectivity index (χ0v) is 23.1. The van der Waals surface area contributed by atoms with Crippen LogP contribution in [0.15, 0.2) is 72.8 Å². The molecule has 0 spiro atoms. The van der Waals surface area contributed by atoms with Crippen LogP contribution in [0.3, 0.4) is 0 Å². The third-order valence-electron chi connectivity index (χ3n) is 7.32. The lowest BCUT2D eigenvalue weighted by Gasteiger charge is -2.30. The number of aromatic hydroxyl groups is 1. The Hall–Kier alpha value is -4.41. The number of aliphatic hydroxyl groups is 1. The summed E-state index contributed by atoms with van der Waals surface area (Å²) in [5, 5.41) is 27.0. The SMILES string of the molecule is COc1cccc(CNC(=O)C2CC(N)CN2C(=O)C(O)C(Cc2ccccc2)NC(=O)c2cccc(O)c2C)c1. The highest BCUT2D eigenvalue weighted by molar-refractivity contribution is 5.97. The standard InChI is InChI=1S/C31H36N4O6/c1-19-24(12-7-13-27(19)36)29(38)34-25(15-20-8-4-3-5-9-20)28(37)31(40)35-18-22(32)16-26(35)30(39)33-17-21-10-6-11-23(14-21)41-2/h3-14,22,25-26,28,36-37H,15-18,32H2,1-2H3,(H,33,39)(H,34,38). The molecule has 4 rings (SSSR count). The van der Waals surface area contributed by atoms with Crippen LogP contribution in [-0.2, 0) is 22.6 Å². The van der Waals surface area contributed by atoms with Gasteiger partial charge in [-0.15, -0.1) is 0 Å². The molecular formula is C31H36N4O6. The molecule has 0 saturated carbocycles. The van der Waals surface area contributed by atoms with Crippen molar-refractivity contribution in [3.8, 4) is 11.5 Å². The summed E-state index contributed by atoms with van der Waals surface area (Å²) in [6.45, 7) is 1.92. The van der Waals surface area contributed by atoms with Gasteiger partial charge in [0.2, 0.25) is 5.91 Å². The molecule has 3 amide bonds. The summed E-state index contributed by atoms with van der Waals surface area (Å²) >= 11 is 0. The third-order valence-corrected chi connectivity index (χ3v) is 7.32. The monoisotopic (exact) mass is 560 g/mol. The van der Waals surface area contributed by atoms with Crippen molar-refractivity contribution >= 4 is 17.7 Å². The Balaban J connectivity index is 1.51. The topological polar surface area (TPSA) is 154 Å². The molecule has 10 nitrogen and oxygen atoms in total. The van der Waals surface area contributed by atoms with Gasteiger partial charge in [-0.1, -0.05) is 48.5 Å². The quantitative estimate of drug-likeness (QED) is 0.253. The highest BCUT2D eigenvalue weighted by atomic mass is 16.5.